The number of thiophene rings is 1. The summed E-state index contributed by atoms with van der Waals surface area (Å²) < 4.78 is 73.8. The number of rotatable bonds is 10. The first-order chi connectivity index (χ1) is 18.7. The summed E-state index contributed by atoms with van der Waals surface area (Å²) in [6.45, 7) is 11.3. The molecule has 1 saturated carbocycles. The smallest absolute Gasteiger partial charge is 0.266 e. The van der Waals surface area contributed by atoms with Crippen LogP contribution in [0, 0.1) is 19.8 Å². The predicted molar refractivity (Wildman–Crippen MR) is 150 cm³/mol. The van der Waals surface area contributed by atoms with Crippen LogP contribution in [0.15, 0.2) is 35.7 Å². The highest BCUT2D eigenvalue weighted by Crippen LogP contribution is 2.44. The predicted octanol–water partition coefficient (Wildman–Crippen LogP) is 3.91. The van der Waals surface area contributed by atoms with E-state index in [0.29, 0.717) is 5.76 Å². The lowest BCUT2D eigenvalue weighted by Gasteiger charge is -2.33. The van der Waals surface area contributed by atoms with Gasteiger partial charge in [-0.2, -0.15) is 4.31 Å². The van der Waals surface area contributed by atoms with Gasteiger partial charge in [-0.15, -0.1) is 11.3 Å². The van der Waals surface area contributed by atoms with Crippen LogP contribution in [0.2, 0.25) is 0 Å². The summed E-state index contributed by atoms with van der Waals surface area (Å²) in [6.07, 6.45) is -0.269. The Kier molecular flexibility index (Phi) is 7.59. The molecule has 4 heterocycles. The molecule has 3 aliphatic rings. The van der Waals surface area contributed by atoms with E-state index < -0.39 is 44.4 Å². The highest BCUT2D eigenvalue weighted by atomic mass is 32.2. The van der Waals surface area contributed by atoms with E-state index in [1.807, 2.05) is 33.8 Å². The van der Waals surface area contributed by atoms with Crippen molar-refractivity contribution in [2.45, 2.75) is 83.3 Å². The minimum absolute atomic E-state index is 0.00543. The topological polar surface area (TPSA) is 160 Å². The molecule has 0 bridgehead atoms. The van der Waals surface area contributed by atoms with Gasteiger partial charge in [0.1, 0.15) is 28.2 Å². The Labute approximate surface area is 238 Å². The van der Waals surface area contributed by atoms with Crippen LogP contribution in [0.25, 0.3) is 0 Å². The van der Waals surface area contributed by atoms with Crippen molar-refractivity contribution in [3.63, 3.8) is 0 Å². The second-order valence-electron chi connectivity index (χ2n) is 10.4. The minimum atomic E-state index is -4.15. The Hall–Kier alpha value is -2.43. The first-order valence-corrected chi connectivity index (χ1v) is 16.9. The van der Waals surface area contributed by atoms with Crippen molar-refractivity contribution in [2.75, 3.05) is 11.9 Å². The summed E-state index contributed by atoms with van der Waals surface area (Å²) in [5.74, 6) is 0.700. The number of aromatic hydroxyl groups is 1. The molecule has 3 N–H and O–H groups in total. The SMILES string of the molecule is CCN(C1CC1)S(=O)(=O)c1scc(NC2=C(C3OC(C)O3)S(=O)(=O)NC2=N[C@@H](c2cc(C)c(C)o2)C(C)C)c1O. The van der Waals surface area contributed by atoms with Gasteiger partial charge >= 0.3 is 0 Å². The van der Waals surface area contributed by atoms with Crippen LogP contribution in [0.5, 0.6) is 5.75 Å². The Morgan fingerprint density at radius 3 is 2.48 bits per heavy atom. The molecule has 2 aliphatic heterocycles. The van der Waals surface area contributed by atoms with Crippen molar-refractivity contribution in [1.29, 1.82) is 0 Å². The summed E-state index contributed by atoms with van der Waals surface area (Å²) in [4.78, 5) is 4.49. The summed E-state index contributed by atoms with van der Waals surface area (Å²) in [5, 5.41) is 15.4. The van der Waals surface area contributed by atoms with Crippen LogP contribution >= 0.6 is 11.3 Å². The second kappa shape index (κ2) is 10.4. The summed E-state index contributed by atoms with van der Waals surface area (Å²) in [5.41, 5.74) is 0.957. The van der Waals surface area contributed by atoms with Crippen LogP contribution in [0.3, 0.4) is 0 Å². The molecule has 0 amide bonds. The third-order valence-corrected chi connectivity index (χ3v) is 12.0. The van der Waals surface area contributed by atoms with E-state index in [1.165, 1.54) is 9.69 Å². The fraction of sp³-hybridized carbons (Fsp3) is 0.560. The molecule has 40 heavy (non-hydrogen) atoms. The van der Waals surface area contributed by atoms with Gasteiger partial charge in [-0.25, -0.2) is 16.8 Å². The molecule has 2 fully saturated rings. The lowest BCUT2D eigenvalue weighted by atomic mass is 10.0. The molecule has 12 nitrogen and oxygen atoms in total. The maximum absolute atomic E-state index is 13.3. The highest BCUT2D eigenvalue weighted by Gasteiger charge is 2.47. The van der Waals surface area contributed by atoms with E-state index in [2.05, 4.69) is 10.0 Å². The quantitative estimate of drug-likeness (QED) is 0.361. The molecule has 1 atom stereocenters. The van der Waals surface area contributed by atoms with Gasteiger partial charge in [-0.05, 0) is 51.2 Å². The van der Waals surface area contributed by atoms with Crippen LogP contribution in [0.4, 0.5) is 5.69 Å². The first-order valence-electron chi connectivity index (χ1n) is 13.1. The van der Waals surface area contributed by atoms with Crippen molar-refractivity contribution in [1.82, 2.24) is 9.03 Å². The fourth-order valence-electron chi connectivity index (χ4n) is 4.68. The van der Waals surface area contributed by atoms with E-state index in [-0.39, 0.29) is 44.8 Å². The van der Waals surface area contributed by atoms with Crippen LogP contribution < -0.4 is 10.0 Å². The maximum Gasteiger partial charge on any atom is 0.266 e. The van der Waals surface area contributed by atoms with E-state index in [4.69, 9.17) is 18.9 Å². The van der Waals surface area contributed by atoms with E-state index >= 15 is 0 Å². The molecule has 220 valence electrons. The Morgan fingerprint density at radius 1 is 1.27 bits per heavy atom. The first kappa shape index (κ1) is 29.1. The normalized spacial score (nSPS) is 24.6. The number of nitrogens with one attached hydrogen (secondary N) is 2. The van der Waals surface area contributed by atoms with Gasteiger partial charge in [0.2, 0.25) is 6.29 Å². The molecule has 0 spiro atoms. The Bertz CT molecular complexity index is 1560. The number of anilines is 1. The van der Waals surface area contributed by atoms with Crippen molar-refractivity contribution in [3.05, 3.63) is 39.1 Å². The highest BCUT2D eigenvalue weighted by molar-refractivity contribution is 7.94. The summed E-state index contributed by atoms with van der Waals surface area (Å²) in [6, 6.07) is 1.24. The zero-order valence-electron chi connectivity index (χ0n) is 23.1. The van der Waals surface area contributed by atoms with Crippen LogP contribution in [-0.2, 0) is 29.5 Å². The maximum atomic E-state index is 13.3. The molecule has 5 rings (SSSR count). The zero-order chi connectivity index (χ0) is 29.1. The van der Waals surface area contributed by atoms with Gasteiger partial charge in [0.15, 0.2) is 22.1 Å². The largest absolute Gasteiger partial charge is 0.504 e. The monoisotopic (exact) mass is 614 g/mol. The standard InChI is InChI=1S/C25H34N4O8S3/c1-7-29(16-8-9-16)40(33,34)25-21(30)17(11-38-25)26-20-22(24-36-15(6)37-24)39(31,32)28-23(20)27-19(12(2)3)18-10-13(4)14(5)35-18/h10-12,15-16,19,24,26,30H,7-9H2,1-6H3,(H,27,28)/t15?,19-,24?/m1/s1. The molecule has 1 aliphatic carbocycles. The van der Waals surface area contributed by atoms with Gasteiger partial charge in [-0.3, -0.25) is 9.71 Å². The lowest BCUT2D eigenvalue weighted by molar-refractivity contribution is -0.356. The van der Waals surface area contributed by atoms with Gasteiger partial charge in [0.05, 0.1) is 5.69 Å². The number of nitrogens with zero attached hydrogens (tertiary/aromatic N) is 2. The van der Waals surface area contributed by atoms with Crippen LogP contribution in [0.1, 0.15) is 63.7 Å². The third kappa shape index (κ3) is 5.18. The minimum Gasteiger partial charge on any atom is -0.504 e. The number of hydrogen-bond acceptors (Lipinski definition) is 11. The lowest BCUT2D eigenvalue weighted by Crippen LogP contribution is -2.42. The fourth-order valence-corrected chi connectivity index (χ4v) is 9.03. The number of furan rings is 1. The van der Waals surface area contributed by atoms with E-state index in [0.717, 1.165) is 35.5 Å². The Morgan fingerprint density at radius 2 is 1.95 bits per heavy atom. The molecule has 1 saturated heterocycles. The summed E-state index contributed by atoms with van der Waals surface area (Å²) in [7, 11) is -8.10. The van der Waals surface area contributed by atoms with Crippen molar-refractivity contribution < 1.29 is 35.8 Å². The van der Waals surface area contributed by atoms with Gasteiger partial charge in [-0.1, -0.05) is 20.8 Å². The van der Waals surface area contributed by atoms with Gasteiger partial charge in [0.25, 0.3) is 20.0 Å². The number of sulfonamides is 2. The zero-order valence-corrected chi connectivity index (χ0v) is 25.5. The number of aryl methyl sites for hydroxylation is 2. The van der Waals surface area contributed by atoms with E-state index in [1.54, 1.807) is 13.8 Å². The Balaban J connectivity index is 1.58. The number of hydrogen-bond donors (Lipinski definition) is 3. The number of ether oxygens (including phenoxy) is 2. The molecule has 2 aromatic heterocycles. The molecule has 15 heteroatoms. The molecular formula is C25H34N4O8S3. The second-order valence-corrected chi connectivity index (χ2v) is 15.0. The van der Waals surface area contributed by atoms with Gasteiger partial charge < -0.3 is 24.3 Å². The van der Waals surface area contributed by atoms with Crippen molar-refractivity contribution >= 4 is 42.9 Å². The molecule has 2 aromatic rings. The average molecular weight is 615 g/mol. The van der Waals surface area contributed by atoms with Gasteiger partial charge in [0, 0.05) is 18.0 Å². The summed E-state index contributed by atoms with van der Waals surface area (Å²) >= 11 is 0.854. The molecule has 0 aromatic carbocycles. The van der Waals surface area contributed by atoms with E-state index in [9.17, 15) is 21.9 Å². The molecule has 0 unspecified atom stereocenters. The van der Waals surface area contributed by atoms with Crippen molar-refractivity contribution in [3.8, 4) is 5.75 Å². The third-order valence-electron chi connectivity index (χ3n) is 7.03. The number of aliphatic imine (C=N–C) groups is 1. The molecular weight excluding hydrogens is 580 g/mol. The molecule has 0 radical (unpaired) electrons. The number of amidine groups is 1. The average Bonchev–Trinajstić information content (AvgIpc) is 3.44. The van der Waals surface area contributed by atoms with Crippen molar-refractivity contribution in [2.24, 2.45) is 10.9 Å². The van der Waals surface area contributed by atoms with Crippen LogP contribution in [-0.4, -0.2) is 57.2 Å².